The van der Waals surface area contributed by atoms with E-state index in [1.165, 1.54) is 16.3 Å². The number of aromatic nitrogens is 1. The zero-order chi connectivity index (χ0) is 11.4. The summed E-state index contributed by atoms with van der Waals surface area (Å²) in [4.78, 5) is 4.10. The van der Waals surface area contributed by atoms with Crippen LogP contribution in [0.5, 0.6) is 0 Å². The summed E-state index contributed by atoms with van der Waals surface area (Å²) in [5, 5.41) is 5.78. The average molecular weight is 231 g/mol. The number of benzene rings is 1. The molecular formula is C14H21N3. The van der Waals surface area contributed by atoms with Crippen molar-refractivity contribution in [2.75, 3.05) is 6.54 Å². The smallest absolute Gasteiger partial charge is 0.0346 e. The van der Waals surface area contributed by atoms with Crippen LogP contribution in [0.25, 0.3) is 10.8 Å². The minimum atomic E-state index is 0. The summed E-state index contributed by atoms with van der Waals surface area (Å²) in [5.41, 5.74) is 6.83. The molecule has 0 amide bonds. The first-order valence-corrected chi connectivity index (χ1v) is 5.55. The minimum absolute atomic E-state index is 0. The first-order valence-electron chi connectivity index (χ1n) is 5.55. The van der Waals surface area contributed by atoms with Crippen LogP contribution in [0, 0.1) is 0 Å². The van der Waals surface area contributed by atoms with E-state index in [4.69, 9.17) is 5.73 Å². The van der Waals surface area contributed by atoms with Crippen molar-refractivity contribution in [3.8, 4) is 0 Å². The minimum Gasteiger partial charge on any atom is -0.329 e. The van der Waals surface area contributed by atoms with Crippen LogP contribution in [0.3, 0.4) is 0 Å². The van der Waals surface area contributed by atoms with E-state index in [2.05, 4.69) is 35.4 Å². The summed E-state index contributed by atoms with van der Waals surface area (Å²) >= 11 is 0. The lowest BCUT2D eigenvalue weighted by Gasteiger charge is -2.11. The van der Waals surface area contributed by atoms with E-state index in [1.54, 1.807) is 0 Å². The number of pyridine rings is 1. The maximum atomic E-state index is 5.56. The van der Waals surface area contributed by atoms with Crippen LogP contribution in [0.1, 0.15) is 19.9 Å². The van der Waals surface area contributed by atoms with E-state index in [0.29, 0.717) is 12.6 Å². The van der Waals surface area contributed by atoms with Crippen molar-refractivity contribution >= 4 is 10.8 Å². The highest BCUT2D eigenvalue weighted by Gasteiger charge is 1.99. The molecule has 1 heterocycles. The Morgan fingerprint density at radius 2 is 2.12 bits per heavy atom. The molecular weight excluding hydrogens is 210 g/mol. The van der Waals surface area contributed by atoms with E-state index >= 15 is 0 Å². The molecule has 2 aromatic rings. The van der Waals surface area contributed by atoms with Gasteiger partial charge in [0.2, 0.25) is 0 Å². The first kappa shape index (κ1) is 13.6. The molecule has 3 nitrogen and oxygen atoms in total. The third-order valence-corrected chi connectivity index (χ3v) is 2.71. The fourth-order valence-corrected chi connectivity index (χ4v) is 1.62. The molecule has 0 bridgehead atoms. The molecule has 3 N–H and O–H groups in total. The van der Waals surface area contributed by atoms with Gasteiger partial charge in [-0.15, -0.1) is 0 Å². The van der Waals surface area contributed by atoms with Crippen molar-refractivity contribution in [3.05, 3.63) is 42.2 Å². The van der Waals surface area contributed by atoms with Gasteiger partial charge in [0.05, 0.1) is 0 Å². The lowest BCUT2D eigenvalue weighted by atomic mass is 10.1. The predicted molar refractivity (Wildman–Crippen MR) is 73.8 cm³/mol. The molecule has 0 aliphatic rings. The third kappa shape index (κ3) is 3.51. The first-order chi connectivity index (χ1) is 7.79. The van der Waals surface area contributed by atoms with Gasteiger partial charge in [0.25, 0.3) is 0 Å². The summed E-state index contributed by atoms with van der Waals surface area (Å²) in [5.74, 6) is 0. The molecule has 1 atom stereocenters. The number of nitrogens with two attached hydrogens (primary N) is 1. The highest BCUT2D eigenvalue weighted by Crippen LogP contribution is 2.14. The second-order valence-corrected chi connectivity index (χ2v) is 4.07. The van der Waals surface area contributed by atoms with Gasteiger partial charge in [-0.1, -0.05) is 19.6 Å². The van der Waals surface area contributed by atoms with Crippen LogP contribution in [-0.2, 0) is 6.54 Å². The van der Waals surface area contributed by atoms with Crippen LogP contribution in [0.2, 0.25) is 0 Å². The van der Waals surface area contributed by atoms with Crippen molar-refractivity contribution in [1.29, 1.82) is 0 Å². The van der Waals surface area contributed by atoms with E-state index in [0.717, 1.165) is 6.54 Å². The normalized spacial score (nSPS) is 12.1. The van der Waals surface area contributed by atoms with Gasteiger partial charge in [0.1, 0.15) is 0 Å². The summed E-state index contributed by atoms with van der Waals surface area (Å²) in [6, 6.07) is 8.80. The number of nitrogens with zero attached hydrogens (tertiary/aromatic N) is 1. The zero-order valence-electron chi connectivity index (χ0n) is 9.48. The van der Waals surface area contributed by atoms with Crippen LogP contribution < -0.4 is 11.1 Å². The Hall–Kier alpha value is -1.45. The second kappa shape index (κ2) is 6.33. The third-order valence-electron chi connectivity index (χ3n) is 2.71. The van der Waals surface area contributed by atoms with Gasteiger partial charge in [0.15, 0.2) is 0 Å². The standard InChI is InChI=1S/C13H17N3.CH4/c1-10(7-14)16-8-11-2-3-13-9-15-5-4-12(13)6-11;/h2-6,9-10,16H,7-8,14H2,1H3;1H4/t10-;/m1./s1. The maximum absolute atomic E-state index is 5.56. The molecule has 92 valence electrons. The molecule has 2 rings (SSSR count). The average Bonchev–Trinajstić information content (AvgIpc) is 2.35. The summed E-state index contributed by atoms with van der Waals surface area (Å²) in [7, 11) is 0. The largest absolute Gasteiger partial charge is 0.329 e. The van der Waals surface area contributed by atoms with Crippen LogP contribution in [0.4, 0.5) is 0 Å². The van der Waals surface area contributed by atoms with E-state index in [-0.39, 0.29) is 7.43 Å². The fourth-order valence-electron chi connectivity index (χ4n) is 1.62. The van der Waals surface area contributed by atoms with Gasteiger partial charge in [0, 0.05) is 36.9 Å². The van der Waals surface area contributed by atoms with Crippen LogP contribution in [-0.4, -0.2) is 17.6 Å². The molecule has 1 aromatic heterocycles. The topological polar surface area (TPSA) is 50.9 Å². The van der Waals surface area contributed by atoms with E-state index < -0.39 is 0 Å². The van der Waals surface area contributed by atoms with Crippen LogP contribution >= 0.6 is 0 Å². The number of nitrogens with one attached hydrogen (secondary N) is 1. The molecule has 0 aliphatic heterocycles. The number of hydrogen-bond acceptors (Lipinski definition) is 3. The Bertz CT molecular complexity index is 468. The molecule has 1 aromatic carbocycles. The van der Waals surface area contributed by atoms with Gasteiger partial charge < -0.3 is 11.1 Å². The van der Waals surface area contributed by atoms with Gasteiger partial charge in [-0.05, 0) is 30.0 Å². The maximum Gasteiger partial charge on any atom is 0.0346 e. The lowest BCUT2D eigenvalue weighted by Crippen LogP contribution is -2.32. The summed E-state index contributed by atoms with van der Waals surface area (Å²) in [6.07, 6.45) is 3.71. The van der Waals surface area contributed by atoms with E-state index in [1.807, 2.05) is 18.5 Å². The van der Waals surface area contributed by atoms with Crippen molar-refractivity contribution < 1.29 is 0 Å². The Kier molecular flexibility index (Phi) is 5.07. The lowest BCUT2D eigenvalue weighted by molar-refractivity contribution is 0.556. The molecule has 0 saturated heterocycles. The van der Waals surface area contributed by atoms with Gasteiger partial charge in [-0.25, -0.2) is 0 Å². The molecule has 0 spiro atoms. The van der Waals surface area contributed by atoms with Gasteiger partial charge >= 0.3 is 0 Å². The van der Waals surface area contributed by atoms with Gasteiger partial charge in [-0.2, -0.15) is 0 Å². The number of fused-ring (bicyclic) bond motifs is 1. The Morgan fingerprint density at radius 1 is 1.29 bits per heavy atom. The second-order valence-electron chi connectivity index (χ2n) is 4.07. The molecule has 0 saturated carbocycles. The molecule has 0 fully saturated rings. The van der Waals surface area contributed by atoms with Crippen molar-refractivity contribution in [1.82, 2.24) is 10.3 Å². The Balaban J connectivity index is 0.00000144. The molecule has 3 heteroatoms. The highest BCUT2D eigenvalue weighted by atomic mass is 14.9. The molecule has 0 radical (unpaired) electrons. The zero-order valence-corrected chi connectivity index (χ0v) is 9.48. The van der Waals surface area contributed by atoms with Crippen molar-refractivity contribution in [2.45, 2.75) is 26.9 Å². The van der Waals surface area contributed by atoms with Crippen molar-refractivity contribution in [2.24, 2.45) is 5.73 Å². The van der Waals surface area contributed by atoms with Gasteiger partial charge in [-0.3, -0.25) is 4.98 Å². The highest BCUT2D eigenvalue weighted by molar-refractivity contribution is 5.81. The molecule has 17 heavy (non-hydrogen) atoms. The SMILES string of the molecule is C.C[C@H](CN)NCc1ccc2cnccc2c1. The van der Waals surface area contributed by atoms with E-state index in [9.17, 15) is 0 Å². The Morgan fingerprint density at radius 3 is 2.88 bits per heavy atom. The summed E-state index contributed by atoms with van der Waals surface area (Å²) < 4.78 is 0. The van der Waals surface area contributed by atoms with Crippen LogP contribution in [0.15, 0.2) is 36.7 Å². The molecule has 0 aliphatic carbocycles. The summed E-state index contributed by atoms with van der Waals surface area (Å²) in [6.45, 7) is 3.61. The number of hydrogen-bond donors (Lipinski definition) is 2. The monoisotopic (exact) mass is 231 g/mol. The quantitative estimate of drug-likeness (QED) is 0.849. The molecule has 0 unspecified atom stereocenters. The Labute approximate surface area is 103 Å². The van der Waals surface area contributed by atoms with Crippen molar-refractivity contribution in [3.63, 3.8) is 0 Å². The fraction of sp³-hybridized carbons (Fsp3) is 0.357. The number of rotatable bonds is 4. The predicted octanol–water partition coefficient (Wildman–Crippen LogP) is 2.31.